The third kappa shape index (κ3) is 7.82. The maximum Gasteiger partial charge on any atom is 0.338 e. The van der Waals surface area contributed by atoms with Crippen molar-refractivity contribution in [1.82, 2.24) is 4.90 Å². The van der Waals surface area contributed by atoms with Gasteiger partial charge < -0.3 is 20.3 Å². The number of esters is 1. The molecule has 2 N–H and O–H groups in total. The fourth-order valence-electron chi connectivity index (χ4n) is 5.45. The summed E-state index contributed by atoms with van der Waals surface area (Å²) in [6, 6.07) is 31.8. The Bertz CT molecular complexity index is 1830. The maximum atomic E-state index is 13.3. The zero-order valence-electron chi connectivity index (χ0n) is 26.2. The van der Waals surface area contributed by atoms with Gasteiger partial charge in [-0.15, -0.1) is 0 Å². The lowest BCUT2D eigenvalue weighted by atomic mass is 9.99. The van der Waals surface area contributed by atoms with Crippen LogP contribution in [0.25, 0.3) is 11.3 Å². The van der Waals surface area contributed by atoms with Gasteiger partial charge in [0.25, 0.3) is 5.91 Å². The van der Waals surface area contributed by atoms with E-state index in [0.29, 0.717) is 52.4 Å². The number of rotatable bonds is 13. The van der Waals surface area contributed by atoms with Crippen molar-refractivity contribution in [1.29, 1.82) is 0 Å². The van der Waals surface area contributed by atoms with Crippen molar-refractivity contribution >= 4 is 50.2 Å². The second-order valence-electron chi connectivity index (χ2n) is 11.1. The Morgan fingerprint density at radius 1 is 0.870 bits per heavy atom. The molecule has 0 radical (unpaired) electrons. The average Bonchev–Trinajstić information content (AvgIpc) is 3.37. The lowest BCUT2D eigenvalue weighted by Gasteiger charge is -2.24. The highest BCUT2D eigenvalue weighted by Gasteiger charge is 2.29. The SMILES string of the molecule is CCOC(=O)c1ccc2c(c1)NC(=O)/C2=C(/Nc1ccc(N(CCCN(C)Cc2ccccc2)S(C)(=O)=O)cc1)c1ccccc1. The van der Waals surface area contributed by atoms with E-state index < -0.39 is 16.0 Å². The summed E-state index contributed by atoms with van der Waals surface area (Å²) in [4.78, 5) is 27.8. The molecule has 0 atom stereocenters. The van der Waals surface area contributed by atoms with Crippen molar-refractivity contribution in [2.24, 2.45) is 0 Å². The van der Waals surface area contributed by atoms with Gasteiger partial charge in [0.1, 0.15) is 0 Å². The molecule has 0 saturated heterocycles. The number of hydrogen-bond donors (Lipinski definition) is 2. The van der Waals surface area contributed by atoms with Crippen LogP contribution in [0.3, 0.4) is 0 Å². The summed E-state index contributed by atoms with van der Waals surface area (Å²) in [6.07, 6.45) is 1.88. The van der Waals surface area contributed by atoms with Crippen LogP contribution in [-0.2, 0) is 26.1 Å². The molecular formula is C36H38N4O5S. The Hall–Kier alpha value is -4.93. The molecule has 0 spiro atoms. The molecule has 0 unspecified atom stereocenters. The van der Waals surface area contributed by atoms with Gasteiger partial charge in [0.2, 0.25) is 10.0 Å². The number of sulfonamides is 1. The summed E-state index contributed by atoms with van der Waals surface area (Å²) < 4.78 is 32.1. The predicted molar refractivity (Wildman–Crippen MR) is 184 cm³/mol. The number of carbonyl (C=O) groups is 2. The number of benzene rings is 4. The Balaban J connectivity index is 1.37. The number of ether oxygens (including phenoxy) is 1. The highest BCUT2D eigenvalue weighted by molar-refractivity contribution is 7.92. The van der Waals surface area contributed by atoms with Crippen molar-refractivity contribution in [3.63, 3.8) is 0 Å². The van der Waals surface area contributed by atoms with Gasteiger partial charge in [0.05, 0.1) is 41.1 Å². The Kier molecular flexibility index (Phi) is 10.2. The van der Waals surface area contributed by atoms with Crippen molar-refractivity contribution in [3.8, 4) is 0 Å². The largest absolute Gasteiger partial charge is 0.462 e. The molecule has 238 valence electrons. The second-order valence-corrected chi connectivity index (χ2v) is 13.0. The molecule has 0 aliphatic carbocycles. The molecule has 0 fully saturated rings. The smallest absolute Gasteiger partial charge is 0.338 e. The van der Waals surface area contributed by atoms with Gasteiger partial charge in [-0.05, 0) is 74.5 Å². The zero-order chi connectivity index (χ0) is 32.7. The second kappa shape index (κ2) is 14.4. The van der Waals surface area contributed by atoms with E-state index in [0.717, 1.165) is 18.7 Å². The summed E-state index contributed by atoms with van der Waals surface area (Å²) in [6.45, 7) is 3.86. The molecule has 4 aromatic carbocycles. The summed E-state index contributed by atoms with van der Waals surface area (Å²) in [5.74, 6) is -0.764. The van der Waals surface area contributed by atoms with Gasteiger partial charge >= 0.3 is 5.97 Å². The van der Waals surface area contributed by atoms with Crippen LogP contribution in [0.4, 0.5) is 17.1 Å². The lowest BCUT2D eigenvalue weighted by molar-refractivity contribution is -0.110. The maximum absolute atomic E-state index is 13.3. The minimum Gasteiger partial charge on any atom is -0.462 e. The van der Waals surface area contributed by atoms with Gasteiger partial charge in [-0.1, -0.05) is 66.7 Å². The van der Waals surface area contributed by atoms with Crippen LogP contribution in [0.1, 0.15) is 40.4 Å². The summed E-state index contributed by atoms with van der Waals surface area (Å²) in [7, 11) is -1.49. The number of carbonyl (C=O) groups excluding carboxylic acids is 2. The number of fused-ring (bicyclic) bond motifs is 1. The number of hydrogen-bond acceptors (Lipinski definition) is 7. The van der Waals surface area contributed by atoms with Crippen LogP contribution < -0.4 is 14.9 Å². The standard InChI is InChI=1S/C36H38N4O5S/c1-4-45-36(42)28-16-21-31-32(24-28)38-35(41)33(31)34(27-14-9-6-10-15-27)37-29-17-19-30(20-18-29)40(46(3,43)44)23-11-22-39(2)25-26-12-7-5-8-13-26/h5-10,12-21,24,37H,4,11,22-23,25H2,1-3H3,(H,38,41)/b34-33+. The van der Waals surface area contributed by atoms with E-state index in [1.807, 2.05) is 55.6 Å². The number of amides is 1. The van der Waals surface area contributed by atoms with Gasteiger partial charge in [-0.3, -0.25) is 9.10 Å². The van der Waals surface area contributed by atoms with E-state index in [1.165, 1.54) is 16.1 Å². The minimum atomic E-state index is -3.52. The predicted octanol–water partition coefficient (Wildman–Crippen LogP) is 6.08. The molecule has 1 amide bonds. The van der Waals surface area contributed by atoms with Crippen LogP contribution in [-0.4, -0.2) is 58.2 Å². The van der Waals surface area contributed by atoms with Crippen molar-refractivity contribution in [3.05, 3.63) is 125 Å². The van der Waals surface area contributed by atoms with E-state index >= 15 is 0 Å². The Morgan fingerprint density at radius 2 is 1.54 bits per heavy atom. The first-order chi connectivity index (χ1) is 22.1. The first kappa shape index (κ1) is 32.5. The third-order valence-corrected chi connectivity index (χ3v) is 8.80. The van der Waals surface area contributed by atoms with E-state index in [1.54, 1.807) is 49.4 Å². The quantitative estimate of drug-likeness (QED) is 0.135. The molecule has 9 nitrogen and oxygen atoms in total. The van der Waals surface area contributed by atoms with Gasteiger partial charge in [-0.25, -0.2) is 13.2 Å². The van der Waals surface area contributed by atoms with Crippen LogP contribution in [0.15, 0.2) is 103 Å². The molecule has 10 heteroatoms. The van der Waals surface area contributed by atoms with Crippen LogP contribution >= 0.6 is 0 Å². The molecule has 4 aromatic rings. The topological polar surface area (TPSA) is 108 Å². The van der Waals surface area contributed by atoms with E-state index in [-0.39, 0.29) is 12.5 Å². The first-order valence-electron chi connectivity index (χ1n) is 15.1. The van der Waals surface area contributed by atoms with E-state index in [9.17, 15) is 18.0 Å². The highest BCUT2D eigenvalue weighted by atomic mass is 32.2. The van der Waals surface area contributed by atoms with Crippen LogP contribution in [0, 0.1) is 0 Å². The summed E-state index contributed by atoms with van der Waals surface area (Å²) in [5.41, 5.74) is 5.77. The third-order valence-electron chi connectivity index (χ3n) is 7.61. The molecular weight excluding hydrogens is 600 g/mol. The van der Waals surface area contributed by atoms with Crippen LogP contribution in [0.5, 0.6) is 0 Å². The number of nitrogens with zero attached hydrogens (tertiary/aromatic N) is 2. The molecule has 1 aliphatic rings. The van der Waals surface area contributed by atoms with E-state index in [2.05, 4.69) is 27.7 Å². The van der Waals surface area contributed by atoms with Crippen molar-refractivity contribution in [2.45, 2.75) is 19.9 Å². The lowest BCUT2D eigenvalue weighted by Crippen LogP contribution is -2.33. The van der Waals surface area contributed by atoms with Crippen molar-refractivity contribution < 1.29 is 22.7 Å². The first-order valence-corrected chi connectivity index (χ1v) is 17.0. The molecule has 0 saturated carbocycles. The molecule has 0 bridgehead atoms. The Labute approximate surface area is 270 Å². The van der Waals surface area contributed by atoms with E-state index in [4.69, 9.17) is 4.74 Å². The van der Waals surface area contributed by atoms with Gasteiger partial charge in [-0.2, -0.15) is 0 Å². The number of anilines is 3. The molecule has 5 rings (SSSR count). The van der Waals surface area contributed by atoms with Gasteiger partial charge in [0.15, 0.2) is 0 Å². The summed E-state index contributed by atoms with van der Waals surface area (Å²) >= 11 is 0. The molecule has 46 heavy (non-hydrogen) atoms. The average molecular weight is 639 g/mol. The molecule has 1 heterocycles. The number of nitrogens with one attached hydrogen (secondary N) is 2. The monoisotopic (exact) mass is 638 g/mol. The normalized spacial score (nSPS) is 13.6. The fourth-order valence-corrected chi connectivity index (χ4v) is 6.41. The highest BCUT2D eigenvalue weighted by Crippen LogP contribution is 2.38. The fraction of sp³-hybridized carbons (Fsp3) is 0.222. The Morgan fingerprint density at radius 3 is 2.20 bits per heavy atom. The molecule has 0 aromatic heterocycles. The molecule has 1 aliphatic heterocycles. The van der Waals surface area contributed by atoms with Gasteiger partial charge in [0, 0.05) is 24.3 Å². The minimum absolute atomic E-state index is 0.252. The zero-order valence-corrected chi connectivity index (χ0v) is 27.0. The summed E-state index contributed by atoms with van der Waals surface area (Å²) in [5, 5.41) is 6.29. The van der Waals surface area contributed by atoms with Crippen LogP contribution in [0.2, 0.25) is 0 Å². The van der Waals surface area contributed by atoms with Crippen molar-refractivity contribution in [2.75, 3.05) is 47.9 Å².